The van der Waals surface area contributed by atoms with Gasteiger partial charge in [0, 0.05) is 35.6 Å². The van der Waals surface area contributed by atoms with E-state index in [1.54, 1.807) is 24.5 Å². The van der Waals surface area contributed by atoms with Gasteiger partial charge in [-0.25, -0.2) is 0 Å². The summed E-state index contributed by atoms with van der Waals surface area (Å²) in [6.07, 6.45) is 3.55. The molecule has 2 heterocycles. The monoisotopic (exact) mass is 357 g/mol. The highest BCUT2D eigenvalue weighted by Gasteiger charge is 2.15. The van der Waals surface area contributed by atoms with Gasteiger partial charge in [0.2, 0.25) is 0 Å². The van der Waals surface area contributed by atoms with E-state index in [-0.39, 0.29) is 5.78 Å². The Bertz CT molecular complexity index is 760. The third-order valence-corrected chi connectivity index (χ3v) is 5.33. The highest BCUT2D eigenvalue weighted by atomic mass is 32.1. The molecule has 1 fully saturated rings. The topological polar surface area (TPSA) is 38.8 Å². The zero-order chi connectivity index (χ0) is 17.6. The minimum Gasteiger partial charge on any atom is -0.496 e. The standard InChI is InChI=1S/C20H23NO3S/c1-15-7-12-25-20(15)6-4-18(22)16-3-5-19(23-2)17(13-16)14-21-8-10-24-11-9-21/h3-7,12-13H,8-11,14H2,1-2H3/b6-4+. The van der Waals surface area contributed by atoms with Crippen LogP contribution in [0.5, 0.6) is 5.75 Å². The number of methoxy groups -OCH3 is 1. The number of rotatable bonds is 6. The fraction of sp³-hybridized carbons (Fsp3) is 0.350. The third kappa shape index (κ3) is 4.57. The third-order valence-electron chi connectivity index (χ3n) is 4.35. The zero-order valence-electron chi connectivity index (χ0n) is 14.7. The van der Waals surface area contributed by atoms with Gasteiger partial charge in [-0.1, -0.05) is 0 Å². The van der Waals surface area contributed by atoms with Crippen LogP contribution in [0.1, 0.15) is 26.4 Å². The van der Waals surface area contributed by atoms with Gasteiger partial charge in [0.25, 0.3) is 0 Å². The summed E-state index contributed by atoms with van der Waals surface area (Å²) < 4.78 is 10.9. The molecule has 0 spiro atoms. The fourth-order valence-corrected chi connectivity index (χ4v) is 3.68. The fourth-order valence-electron chi connectivity index (χ4n) is 2.86. The number of ketones is 1. The largest absolute Gasteiger partial charge is 0.496 e. The zero-order valence-corrected chi connectivity index (χ0v) is 15.5. The molecule has 0 saturated carbocycles. The normalized spacial score (nSPS) is 15.6. The number of carbonyl (C=O) groups is 1. The number of hydrogen-bond acceptors (Lipinski definition) is 5. The van der Waals surface area contributed by atoms with Crippen LogP contribution >= 0.6 is 11.3 Å². The Morgan fingerprint density at radius 1 is 1.32 bits per heavy atom. The summed E-state index contributed by atoms with van der Waals surface area (Å²) in [5.74, 6) is 0.833. The minimum atomic E-state index is 0.0127. The summed E-state index contributed by atoms with van der Waals surface area (Å²) >= 11 is 1.64. The van der Waals surface area contributed by atoms with Crippen LogP contribution in [0.25, 0.3) is 6.08 Å². The summed E-state index contributed by atoms with van der Waals surface area (Å²) in [5, 5.41) is 2.04. The first-order valence-corrected chi connectivity index (χ1v) is 9.29. The van der Waals surface area contributed by atoms with Gasteiger partial charge in [-0.05, 0) is 54.3 Å². The van der Waals surface area contributed by atoms with E-state index in [9.17, 15) is 4.79 Å². The molecule has 4 nitrogen and oxygen atoms in total. The summed E-state index contributed by atoms with van der Waals surface area (Å²) in [7, 11) is 1.67. The number of aryl methyl sites for hydroxylation is 1. The van der Waals surface area contributed by atoms with Crippen molar-refractivity contribution in [3.63, 3.8) is 0 Å². The van der Waals surface area contributed by atoms with Gasteiger partial charge in [0.1, 0.15) is 5.75 Å². The van der Waals surface area contributed by atoms with E-state index in [2.05, 4.69) is 17.9 Å². The molecule has 1 aliphatic heterocycles. The molecule has 5 heteroatoms. The maximum Gasteiger partial charge on any atom is 0.185 e. The number of morpholine rings is 1. The van der Waals surface area contributed by atoms with Crippen LogP contribution in [0.4, 0.5) is 0 Å². The van der Waals surface area contributed by atoms with Crippen molar-refractivity contribution >= 4 is 23.2 Å². The summed E-state index contributed by atoms with van der Waals surface area (Å²) in [6, 6.07) is 7.72. The van der Waals surface area contributed by atoms with Crippen LogP contribution in [0.15, 0.2) is 35.7 Å². The first-order chi connectivity index (χ1) is 12.2. The maximum absolute atomic E-state index is 12.5. The van der Waals surface area contributed by atoms with Crippen molar-refractivity contribution in [3.8, 4) is 5.75 Å². The van der Waals surface area contributed by atoms with Gasteiger partial charge >= 0.3 is 0 Å². The van der Waals surface area contributed by atoms with Gasteiger partial charge < -0.3 is 9.47 Å². The van der Waals surface area contributed by atoms with Crippen molar-refractivity contribution in [2.75, 3.05) is 33.4 Å². The van der Waals surface area contributed by atoms with Crippen LogP contribution in [-0.2, 0) is 11.3 Å². The molecule has 25 heavy (non-hydrogen) atoms. The van der Waals surface area contributed by atoms with E-state index in [1.165, 1.54) is 5.56 Å². The highest BCUT2D eigenvalue weighted by Crippen LogP contribution is 2.23. The predicted octanol–water partition coefficient (Wildman–Crippen LogP) is 3.79. The predicted molar refractivity (Wildman–Crippen MR) is 102 cm³/mol. The van der Waals surface area contributed by atoms with Crippen LogP contribution in [0, 0.1) is 6.92 Å². The Morgan fingerprint density at radius 3 is 2.80 bits per heavy atom. The lowest BCUT2D eigenvalue weighted by Gasteiger charge is -2.27. The molecule has 3 rings (SSSR count). The quantitative estimate of drug-likeness (QED) is 0.582. The average Bonchev–Trinajstić information content (AvgIpc) is 3.05. The van der Waals surface area contributed by atoms with Crippen molar-refractivity contribution in [1.29, 1.82) is 0 Å². The highest BCUT2D eigenvalue weighted by molar-refractivity contribution is 7.11. The maximum atomic E-state index is 12.5. The second-order valence-corrected chi connectivity index (χ2v) is 7.03. The molecule has 0 aliphatic carbocycles. The molecule has 1 aliphatic rings. The first kappa shape index (κ1) is 17.9. The Labute approximate surface area is 152 Å². The number of thiophene rings is 1. The summed E-state index contributed by atoms with van der Waals surface area (Å²) in [5.41, 5.74) is 2.92. The van der Waals surface area contributed by atoms with Gasteiger partial charge in [-0.2, -0.15) is 0 Å². The number of benzene rings is 1. The van der Waals surface area contributed by atoms with E-state index in [0.717, 1.165) is 49.0 Å². The van der Waals surface area contributed by atoms with Crippen LogP contribution in [0.2, 0.25) is 0 Å². The smallest absolute Gasteiger partial charge is 0.185 e. The van der Waals surface area contributed by atoms with Crippen LogP contribution in [-0.4, -0.2) is 44.1 Å². The Kier molecular flexibility index (Phi) is 6.02. The lowest BCUT2D eigenvalue weighted by atomic mass is 10.0. The molecular formula is C20H23NO3S. The van der Waals surface area contributed by atoms with Gasteiger partial charge in [-0.15, -0.1) is 11.3 Å². The van der Waals surface area contributed by atoms with Crippen LogP contribution < -0.4 is 4.74 Å². The van der Waals surface area contributed by atoms with E-state index >= 15 is 0 Å². The molecule has 1 aromatic carbocycles. The number of ether oxygens (including phenoxy) is 2. The molecule has 0 N–H and O–H groups in total. The lowest BCUT2D eigenvalue weighted by molar-refractivity contribution is 0.0338. The Balaban J connectivity index is 1.76. The second-order valence-electron chi connectivity index (χ2n) is 6.08. The van der Waals surface area contributed by atoms with Crippen LogP contribution in [0.3, 0.4) is 0 Å². The van der Waals surface area contributed by atoms with Gasteiger partial charge in [-0.3, -0.25) is 9.69 Å². The van der Waals surface area contributed by atoms with Gasteiger partial charge in [0.05, 0.1) is 20.3 Å². The molecule has 132 valence electrons. The van der Waals surface area contributed by atoms with Gasteiger partial charge in [0.15, 0.2) is 5.78 Å². The first-order valence-electron chi connectivity index (χ1n) is 8.41. The lowest BCUT2D eigenvalue weighted by Crippen LogP contribution is -2.35. The molecule has 0 radical (unpaired) electrons. The van der Waals surface area contributed by atoms with E-state index < -0.39 is 0 Å². The summed E-state index contributed by atoms with van der Waals surface area (Å²) in [6.45, 7) is 6.13. The molecule has 2 aromatic rings. The summed E-state index contributed by atoms with van der Waals surface area (Å²) in [4.78, 5) is 16.0. The van der Waals surface area contributed by atoms with Crippen molar-refractivity contribution in [1.82, 2.24) is 4.90 Å². The van der Waals surface area contributed by atoms with Crippen molar-refractivity contribution in [3.05, 3.63) is 57.3 Å². The van der Waals surface area contributed by atoms with Crippen molar-refractivity contribution in [2.24, 2.45) is 0 Å². The molecule has 0 unspecified atom stereocenters. The Hall–Kier alpha value is -1.95. The number of carbonyl (C=O) groups excluding carboxylic acids is 1. The molecular weight excluding hydrogens is 334 g/mol. The van der Waals surface area contributed by atoms with E-state index in [1.807, 2.05) is 29.7 Å². The Morgan fingerprint density at radius 2 is 2.12 bits per heavy atom. The van der Waals surface area contributed by atoms with E-state index in [4.69, 9.17) is 9.47 Å². The van der Waals surface area contributed by atoms with E-state index in [0.29, 0.717) is 5.56 Å². The molecule has 0 bridgehead atoms. The number of allylic oxidation sites excluding steroid dienone is 1. The molecule has 0 amide bonds. The molecule has 0 atom stereocenters. The minimum absolute atomic E-state index is 0.0127. The molecule has 1 aromatic heterocycles. The second kappa shape index (κ2) is 8.43. The average molecular weight is 357 g/mol. The van der Waals surface area contributed by atoms with Crippen molar-refractivity contribution < 1.29 is 14.3 Å². The number of nitrogens with zero attached hydrogens (tertiary/aromatic N) is 1. The molecule has 1 saturated heterocycles. The SMILES string of the molecule is COc1ccc(C(=O)/C=C/c2sccc2C)cc1CN1CCOCC1. The number of hydrogen-bond donors (Lipinski definition) is 0. The van der Waals surface area contributed by atoms with Crippen molar-refractivity contribution in [2.45, 2.75) is 13.5 Å².